The Kier molecular flexibility index (Phi) is 7.11. The highest BCUT2D eigenvalue weighted by atomic mass is 35.5. The zero-order valence-electron chi connectivity index (χ0n) is 13.7. The molecule has 25 heavy (non-hydrogen) atoms. The van der Waals surface area contributed by atoms with Crippen molar-refractivity contribution in [2.75, 3.05) is 26.2 Å². The van der Waals surface area contributed by atoms with Crippen molar-refractivity contribution in [3.05, 3.63) is 64.4 Å². The van der Waals surface area contributed by atoms with Crippen LogP contribution in [-0.4, -0.2) is 36.2 Å². The second-order valence-corrected chi connectivity index (χ2v) is 6.90. The Balaban J connectivity index is 0.00000113. The third-order valence-electron chi connectivity index (χ3n) is 4.56. The summed E-state index contributed by atoms with van der Waals surface area (Å²) in [6, 6.07) is 16.7. The van der Waals surface area contributed by atoms with E-state index in [-0.39, 0.29) is 30.9 Å². The summed E-state index contributed by atoms with van der Waals surface area (Å²) >= 11 is 1.81. The molecule has 0 spiro atoms. The van der Waals surface area contributed by atoms with E-state index in [0.29, 0.717) is 5.75 Å². The Morgan fingerprint density at radius 3 is 2.32 bits per heavy atom. The number of hydrogen-bond donors (Lipinski definition) is 2. The number of fused-ring (bicyclic) bond motifs is 1. The van der Waals surface area contributed by atoms with E-state index in [4.69, 9.17) is 0 Å². The van der Waals surface area contributed by atoms with Gasteiger partial charge < -0.3 is 10.4 Å². The Morgan fingerprint density at radius 1 is 0.920 bits per heavy atom. The minimum absolute atomic E-state index is 0. The van der Waals surface area contributed by atoms with Gasteiger partial charge in [-0.25, -0.2) is 0 Å². The molecule has 0 amide bonds. The molecule has 1 atom stereocenters. The highest BCUT2D eigenvalue weighted by Gasteiger charge is 2.26. The Labute approximate surface area is 164 Å². The number of thiophene rings is 1. The van der Waals surface area contributed by atoms with Crippen molar-refractivity contribution in [2.45, 2.75) is 6.04 Å². The molecule has 2 N–H and O–H groups in total. The van der Waals surface area contributed by atoms with Crippen molar-refractivity contribution in [1.29, 1.82) is 0 Å². The van der Waals surface area contributed by atoms with Crippen molar-refractivity contribution in [3.63, 3.8) is 0 Å². The Morgan fingerprint density at radius 2 is 1.64 bits per heavy atom. The zero-order chi connectivity index (χ0) is 15.6. The first kappa shape index (κ1) is 20.0. The molecule has 2 heterocycles. The SMILES string of the molecule is Cl.Cl.Oc1ccc([C@@H](c2cccs2)N2CCNCC2)c2ccccc12. The number of nitrogens with zero attached hydrogens (tertiary/aromatic N) is 1. The predicted octanol–water partition coefficient (Wildman–Crippen LogP) is 4.45. The lowest BCUT2D eigenvalue weighted by Gasteiger charge is -2.35. The molecule has 2 aromatic carbocycles. The molecule has 6 heteroatoms. The molecule has 1 saturated heterocycles. The van der Waals surface area contributed by atoms with Gasteiger partial charge in [-0.15, -0.1) is 36.2 Å². The molecule has 4 rings (SSSR count). The lowest BCUT2D eigenvalue weighted by Crippen LogP contribution is -2.45. The first-order valence-electron chi connectivity index (χ1n) is 8.03. The van der Waals surface area contributed by atoms with E-state index in [1.54, 1.807) is 0 Å². The zero-order valence-corrected chi connectivity index (χ0v) is 16.2. The van der Waals surface area contributed by atoms with Crippen LogP contribution in [0.3, 0.4) is 0 Å². The fraction of sp³-hybridized carbons (Fsp3) is 0.263. The summed E-state index contributed by atoms with van der Waals surface area (Å²) in [7, 11) is 0. The van der Waals surface area contributed by atoms with Gasteiger partial charge in [-0.2, -0.15) is 0 Å². The quantitative estimate of drug-likeness (QED) is 0.686. The van der Waals surface area contributed by atoms with Gasteiger partial charge >= 0.3 is 0 Å². The molecule has 1 aromatic heterocycles. The van der Waals surface area contributed by atoms with Gasteiger partial charge in [0.1, 0.15) is 5.75 Å². The molecule has 0 bridgehead atoms. The topological polar surface area (TPSA) is 35.5 Å². The maximum atomic E-state index is 10.2. The first-order valence-corrected chi connectivity index (χ1v) is 8.91. The maximum absolute atomic E-state index is 10.2. The van der Waals surface area contributed by atoms with Gasteiger partial charge in [-0.05, 0) is 28.5 Å². The standard InChI is InChI=1S/C19H20N2OS.2ClH/c22-17-8-7-16(14-4-1-2-5-15(14)17)19(18-6-3-13-23-18)21-11-9-20-10-12-21;;/h1-8,13,19-20,22H,9-12H2;2*1H/t19-;;/m0../s1. The van der Waals surface area contributed by atoms with Crippen LogP contribution in [0.4, 0.5) is 0 Å². The second-order valence-electron chi connectivity index (χ2n) is 5.92. The van der Waals surface area contributed by atoms with E-state index in [2.05, 4.69) is 45.9 Å². The van der Waals surface area contributed by atoms with Crippen LogP contribution in [0.2, 0.25) is 0 Å². The Bertz CT molecular complexity index is 804. The van der Waals surface area contributed by atoms with Crippen LogP contribution in [0.15, 0.2) is 53.9 Å². The van der Waals surface area contributed by atoms with E-state index in [0.717, 1.165) is 37.0 Å². The van der Waals surface area contributed by atoms with Crippen molar-refractivity contribution in [3.8, 4) is 5.75 Å². The number of rotatable bonds is 3. The normalized spacial score (nSPS) is 16.0. The van der Waals surface area contributed by atoms with Gasteiger partial charge in [0, 0.05) is 36.4 Å². The fourth-order valence-corrected chi connectivity index (χ4v) is 4.34. The molecule has 1 aliphatic rings. The van der Waals surface area contributed by atoms with Gasteiger partial charge in [-0.3, -0.25) is 4.90 Å². The predicted molar refractivity (Wildman–Crippen MR) is 111 cm³/mol. The smallest absolute Gasteiger partial charge is 0.123 e. The highest BCUT2D eigenvalue weighted by Crippen LogP contribution is 2.38. The van der Waals surface area contributed by atoms with E-state index in [1.165, 1.54) is 10.4 Å². The fourth-order valence-electron chi connectivity index (χ4n) is 3.46. The number of phenolic OH excluding ortho intramolecular Hbond substituents is 1. The lowest BCUT2D eigenvalue weighted by molar-refractivity contribution is 0.201. The largest absolute Gasteiger partial charge is 0.507 e. The highest BCUT2D eigenvalue weighted by molar-refractivity contribution is 7.10. The van der Waals surface area contributed by atoms with Gasteiger partial charge in [0.25, 0.3) is 0 Å². The number of piperazine rings is 1. The van der Waals surface area contributed by atoms with Crippen molar-refractivity contribution >= 4 is 46.9 Å². The summed E-state index contributed by atoms with van der Waals surface area (Å²) in [4.78, 5) is 3.91. The number of nitrogens with one attached hydrogen (secondary N) is 1. The molecule has 0 radical (unpaired) electrons. The van der Waals surface area contributed by atoms with Gasteiger partial charge in [0.2, 0.25) is 0 Å². The minimum atomic E-state index is 0. The van der Waals surface area contributed by atoms with E-state index in [9.17, 15) is 5.11 Å². The minimum Gasteiger partial charge on any atom is -0.507 e. The number of hydrogen-bond acceptors (Lipinski definition) is 4. The Hall–Kier alpha value is -1.30. The molecular formula is C19H22Cl2N2OS. The molecule has 0 saturated carbocycles. The monoisotopic (exact) mass is 396 g/mol. The number of phenols is 1. The van der Waals surface area contributed by atoms with Gasteiger partial charge in [0.05, 0.1) is 6.04 Å². The van der Waals surface area contributed by atoms with Gasteiger partial charge in [0.15, 0.2) is 0 Å². The van der Waals surface area contributed by atoms with Crippen molar-refractivity contribution in [2.24, 2.45) is 0 Å². The summed E-state index contributed by atoms with van der Waals surface area (Å²) in [5.74, 6) is 0.356. The molecule has 3 aromatic rings. The van der Waals surface area contributed by atoms with E-state index < -0.39 is 0 Å². The molecule has 3 nitrogen and oxygen atoms in total. The number of benzene rings is 2. The third-order valence-corrected chi connectivity index (χ3v) is 5.48. The van der Waals surface area contributed by atoms with Gasteiger partial charge in [-0.1, -0.05) is 36.4 Å². The van der Waals surface area contributed by atoms with Crippen molar-refractivity contribution in [1.82, 2.24) is 10.2 Å². The second kappa shape index (κ2) is 8.88. The number of halogens is 2. The molecule has 1 aliphatic heterocycles. The van der Waals surface area contributed by atoms with Crippen LogP contribution < -0.4 is 5.32 Å². The van der Waals surface area contributed by atoms with Crippen LogP contribution in [0.5, 0.6) is 5.75 Å². The molecule has 0 unspecified atom stereocenters. The average Bonchev–Trinajstić information content (AvgIpc) is 3.13. The first-order chi connectivity index (χ1) is 11.3. The van der Waals surface area contributed by atoms with E-state index in [1.807, 2.05) is 29.5 Å². The summed E-state index contributed by atoms with van der Waals surface area (Å²) in [6.07, 6.45) is 0. The lowest BCUT2D eigenvalue weighted by atomic mass is 9.95. The van der Waals surface area contributed by atoms with Crippen LogP contribution in [0.1, 0.15) is 16.5 Å². The molecule has 1 fully saturated rings. The number of aromatic hydroxyl groups is 1. The van der Waals surface area contributed by atoms with Crippen molar-refractivity contribution < 1.29 is 5.11 Å². The summed E-state index contributed by atoms with van der Waals surface area (Å²) in [6.45, 7) is 4.13. The molecule has 134 valence electrons. The van der Waals surface area contributed by atoms with Crippen LogP contribution in [-0.2, 0) is 0 Å². The summed E-state index contributed by atoms with van der Waals surface area (Å²) < 4.78 is 0. The summed E-state index contributed by atoms with van der Waals surface area (Å²) in [5, 5.41) is 17.9. The molecular weight excluding hydrogens is 375 g/mol. The molecule has 0 aliphatic carbocycles. The van der Waals surface area contributed by atoms with Crippen LogP contribution in [0, 0.1) is 0 Å². The third kappa shape index (κ3) is 3.94. The summed E-state index contributed by atoms with van der Waals surface area (Å²) in [5.41, 5.74) is 1.28. The van der Waals surface area contributed by atoms with Crippen LogP contribution in [0.25, 0.3) is 10.8 Å². The van der Waals surface area contributed by atoms with Crippen LogP contribution >= 0.6 is 36.2 Å². The van der Waals surface area contributed by atoms with E-state index >= 15 is 0 Å². The maximum Gasteiger partial charge on any atom is 0.123 e. The average molecular weight is 397 g/mol.